The first-order valence-corrected chi connectivity index (χ1v) is 23.1. The molecule has 0 heterocycles. The van der Waals surface area contributed by atoms with Gasteiger partial charge in [-0.25, -0.2) is 0 Å². The molecule has 6 nitrogen and oxygen atoms in total. The van der Waals surface area contributed by atoms with E-state index in [1.807, 2.05) is 0 Å². The second kappa shape index (κ2) is 38.7. The Labute approximate surface area is 329 Å². The lowest BCUT2D eigenvalue weighted by atomic mass is 10.0. The van der Waals surface area contributed by atoms with Crippen LogP contribution in [0.3, 0.4) is 0 Å². The monoisotopic (exact) mass is 751 g/mol. The van der Waals surface area contributed by atoms with Gasteiger partial charge in [-0.3, -0.25) is 14.4 Å². The standard InChI is InChI=1S/C47H90O6/c1-41(2)33-27-21-15-9-7-8-10-18-24-30-36-45(48)51-39-44(53-47(50)38-32-26-20-14-12-17-23-29-35-43(5)6)40-52-46(49)37-31-25-19-13-11-16-22-28-34-42(3)4/h41-44H,7-40H2,1-6H3/t44-/m0/s1. The average Bonchev–Trinajstić information content (AvgIpc) is 3.11. The third-order valence-corrected chi connectivity index (χ3v) is 10.4. The van der Waals surface area contributed by atoms with Crippen LogP contribution in [-0.2, 0) is 28.6 Å². The Balaban J connectivity index is 4.34. The quantitative estimate of drug-likeness (QED) is 0.0352. The summed E-state index contributed by atoms with van der Waals surface area (Å²) in [7, 11) is 0. The van der Waals surface area contributed by atoms with Gasteiger partial charge in [-0.2, -0.15) is 0 Å². The van der Waals surface area contributed by atoms with Crippen LogP contribution in [0.2, 0.25) is 0 Å². The minimum Gasteiger partial charge on any atom is -0.462 e. The fourth-order valence-electron chi connectivity index (χ4n) is 6.88. The van der Waals surface area contributed by atoms with Crippen molar-refractivity contribution in [3.05, 3.63) is 0 Å². The number of hydrogen-bond acceptors (Lipinski definition) is 6. The molecule has 0 aliphatic rings. The summed E-state index contributed by atoms with van der Waals surface area (Å²) in [5.41, 5.74) is 0. The lowest BCUT2D eigenvalue weighted by Gasteiger charge is -2.18. The van der Waals surface area contributed by atoms with Gasteiger partial charge in [0.2, 0.25) is 0 Å². The van der Waals surface area contributed by atoms with Crippen molar-refractivity contribution in [1.29, 1.82) is 0 Å². The highest BCUT2D eigenvalue weighted by Crippen LogP contribution is 2.17. The first-order chi connectivity index (χ1) is 25.6. The molecule has 6 heteroatoms. The lowest BCUT2D eigenvalue weighted by Crippen LogP contribution is -2.30. The summed E-state index contributed by atoms with van der Waals surface area (Å²) in [4.78, 5) is 37.7. The summed E-state index contributed by atoms with van der Waals surface area (Å²) in [5.74, 6) is 1.54. The largest absolute Gasteiger partial charge is 0.462 e. The van der Waals surface area contributed by atoms with Crippen LogP contribution in [-0.4, -0.2) is 37.2 Å². The van der Waals surface area contributed by atoms with Gasteiger partial charge in [-0.15, -0.1) is 0 Å². The first-order valence-electron chi connectivity index (χ1n) is 23.1. The predicted molar refractivity (Wildman–Crippen MR) is 224 cm³/mol. The Morgan fingerprint density at radius 1 is 0.321 bits per heavy atom. The van der Waals surface area contributed by atoms with Gasteiger partial charge in [0.15, 0.2) is 6.10 Å². The SMILES string of the molecule is CC(C)CCCCCCCCCCCCC(=O)OC[C@@H](COC(=O)CCCCCCCCCCC(C)C)OC(=O)CCCCCCCCCCC(C)C. The Morgan fingerprint density at radius 3 is 0.811 bits per heavy atom. The Kier molecular flexibility index (Phi) is 37.5. The van der Waals surface area contributed by atoms with Crippen molar-refractivity contribution in [2.24, 2.45) is 17.8 Å². The molecule has 0 aromatic rings. The number of unbranched alkanes of at least 4 members (excludes halogenated alkanes) is 23. The average molecular weight is 751 g/mol. The smallest absolute Gasteiger partial charge is 0.306 e. The summed E-state index contributed by atoms with van der Waals surface area (Å²) in [5, 5.41) is 0. The zero-order valence-electron chi connectivity index (χ0n) is 36.3. The molecule has 0 radical (unpaired) electrons. The summed E-state index contributed by atoms with van der Waals surface area (Å²) in [6, 6.07) is 0. The lowest BCUT2D eigenvalue weighted by molar-refractivity contribution is -0.167. The molecule has 0 rings (SSSR count). The van der Waals surface area contributed by atoms with Gasteiger partial charge in [0.1, 0.15) is 13.2 Å². The summed E-state index contributed by atoms with van der Waals surface area (Å²) >= 11 is 0. The van der Waals surface area contributed by atoms with E-state index in [1.165, 1.54) is 128 Å². The first kappa shape index (κ1) is 51.4. The molecule has 0 saturated heterocycles. The zero-order valence-corrected chi connectivity index (χ0v) is 36.3. The van der Waals surface area contributed by atoms with Crippen LogP contribution in [0.5, 0.6) is 0 Å². The maximum Gasteiger partial charge on any atom is 0.306 e. The van der Waals surface area contributed by atoms with E-state index in [-0.39, 0.29) is 31.1 Å². The Bertz CT molecular complexity index is 822. The van der Waals surface area contributed by atoms with E-state index in [9.17, 15) is 14.4 Å². The number of esters is 3. The van der Waals surface area contributed by atoms with Crippen LogP contribution >= 0.6 is 0 Å². The molecule has 0 aromatic heterocycles. The Morgan fingerprint density at radius 2 is 0.547 bits per heavy atom. The Hall–Kier alpha value is -1.59. The third-order valence-electron chi connectivity index (χ3n) is 10.4. The van der Waals surface area contributed by atoms with Crippen LogP contribution in [0.1, 0.15) is 247 Å². The predicted octanol–water partition coefficient (Wildman–Crippen LogP) is 14.4. The number of carbonyl (C=O) groups is 3. The maximum absolute atomic E-state index is 12.7. The van der Waals surface area contributed by atoms with Crippen molar-refractivity contribution >= 4 is 17.9 Å². The van der Waals surface area contributed by atoms with Crippen molar-refractivity contribution in [2.45, 2.75) is 253 Å². The molecule has 0 aromatic carbocycles. The second-order valence-electron chi connectivity index (χ2n) is 17.5. The van der Waals surface area contributed by atoms with E-state index in [1.54, 1.807) is 0 Å². The topological polar surface area (TPSA) is 78.9 Å². The molecule has 0 fully saturated rings. The van der Waals surface area contributed by atoms with Crippen LogP contribution in [0.15, 0.2) is 0 Å². The van der Waals surface area contributed by atoms with Gasteiger partial charge in [0.25, 0.3) is 0 Å². The minimum absolute atomic E-state index is 0.0665. The van der Waals surface area contributed by atoms with E-state index in [0.29, 0.717) is 19.3 Å². The molecule has 0 bridgehead atoms. The molecule has 0 N–H and O–H groups in total. The van der Waals surface area contributed by atoms with Crippen LogP contribution in [0, 0.1) is 17.8 Å². The molecule has 0 amide bonds. The minimum atomic E-state index is -0.762. The molecular weight excluding hydrogens is 661 g/mol. The van der Waals surface area contributed by atoms with E-state index in [2.05, 4.69) is 41.5 Å². The van der Waals surface area contributed by atoms with E-state index < -0.39 is 6.10 Å². The van der Waals surface area contributed by atoms with E-state index in [0.717, 1.165) is 75.5 Å². The van der Waals surface area contributed by atoms with E-state index >= 15 is 0 Å². The van der Waals surface area contributed by atoms with Gasteiger partial charge in [0, 0.05) is 19.3 Å². The summed E-state index contributed by atoms with van der Waals surface area (Å²) < 4.78 is 16.7. The number of carbonyl (C=O) groups excluding carboxylic acids is 3. The summed E-state index contributed by atoms with van der Waals surface area (Å²) in [6.45, 7) is 13.6. The molecule has 0 aliphatic heterocycles. The van der Waals surface area contributed by atoms with Crippen molar-refractivity contribution in [2.75, 3.05) is 13.2 Å². The zero-order chi connectivity index (χ0) is 39.2. The fraction of sp³-hybridized carbons (Fsp3) is 0.936. The maximum atomic E-state index is 12.7. The molecule has 53 heavy (non-hydrogen) atoms. The van der Waals surface area contributed by atoms with Gasteiger partial charge in [-0.05, 0) is 37.0 Å². The number of ether oxygens (including phenoxy) is 3. The van der Waals surface area contributed by atoms with Crippen molar-refractivity contribution in [3.63, 3.8) is 0 Å². The van der Waals surface area contributed by atoms with Crippen molar-refractivity contribution in [3.8, 4) is 0 Å². The second-order valence-corrected chi connectivity index (χ2v) is 17.5. The van der Waals surface area contributed by atoms with Gasteiger partial charge < -0.3 is 14.2 Å². The van der Waals surface area contributed by atoms with Gasteiger partial charge in [0.05, 0.1) is 0 Å². The number of hydrogen-bond donors (Lipinski definition) is 0. The normalized spacial score (nSPS) is 12.2. The highest BCUT2D eigenvalue weighted by atomic mass is 16.6. The number of rotatable bonds is 40. The highest BCUT2D eigenvalue weighted by Gasteiger charge is 2.19. The van der Waals surface area contributed by atoms with Crippen molar-refractivity contribution < 1.29 is 28.6 Å². The van der Waals surface area contributed by atoms with E-state index in [4.69, 9.17) is 14.2 Å². The highest BCUT2D eigenvalue weighted by molar-refractivity contribution is 5.71. The van der Waals surface area contributed by atoms with Crippen LogP contribution in [0.4, 0.5) is 0 Å². The third kappa shape index (κ3) is 41.4. The molecule has 0 saturated carbocycles. The van der Waals surface area contributed by atoms with Crippen molar-refractivity contribution in [1.82, 2.24) is 0 Å². The molecular formula is C47H90O6. The molecule has 0 unspecified atom stereocenters. The molecule has 0 aliphatic carbocycles. The van der Waals surface area contributed by atoms with Gasteiger partial charge >= 0.3 is 17.9 Å². The fourth-order valence-corrected chi connectivity index (χ4v) is 6.88. The summed E-state index contributed by atoms with van der Waals surface area (Å²) in [6.07, 6.45) is 35.3. The van der Waals surface area contributed by atoms with Crippen LogP contribution < -0.4 is 0 Å². The molecule has 0 spiro atoms. The molecule has 1 atom stereocenters. The van der Waals surface area contributed by atoms with Gasteiger partial charge in [-0.1, -0.05) is 208 Å². The van der Waals surface area contributed by atoms with Crippen LogP contribution in [0.25, 0.3) is 0 Å². The molecule has 314 valence electrons.